The van der Waals surface area contributed by atoms with Gasteiger partial charge in [0.25, 0.3) is 0 Å². The molecule has 2 rings (SSSR count). The normalized spacial score (nSPS) is 11.0. The molecule has 0 saturated carbocycles. The fourth-order valence-electron chi connectivity index (χ4n) is 2.39. The molecule has 0 unspecified atom stereocenters. The van der Waals surface area contributed by atoms with Gasteiger partial charge in [-0.05, 0) is 36.6 Å². The predicted molar refractivity (Wildman–Crippen MR) is 105 cm³/mol. The molecule has 0 heterocycles. The van der Waals surface area contributed by atoms with Crippen LogP contribution in [0.2, 0.25) is 0 Å². The largest absolute Gasteiger partial charge is 0.497 e. The van der Waals surface area contributed by atoms with Crippen LogP contribution in [0, 0.1) is 0 Å². The quantitative estimate of drug-likeness (QED) is 0.528. The van der Waals surface area contributed by atoms with Crippen molar-refractivity contribution in [2.24, 2.45) is 5.10 Å². The van der Waals surface area contributed by atoms with Gasteiger partial charge in [0, 0.05) is 18.7 Å². The molecular formula is C21H25N3O3. The summed E-state index contributed by atoms with van der Waals surface area (Å²) in [6, 6.07) is 17.3. The first kappa shape index (κ1) is 20.2. The fourth-order valence-corrected chi connectivity index (χ4v) is 2.39. The number of carbonyl (C=O) groups is 2. The summed E-state index contributed by atoms with van der Waals surface area (Å²) in [6.45, 7) is 2.14. The van der Waals surface area contributed by atoms with Crippen LogP contribution in [0.5, 0.6) is 5.75 Å². The van der Waals surface area contributed by atoms with Crippen molar-refractivity contribution in [2.45, 2.75) is 32.7 Å². The lowest BCUT2D eigenvalue weighted by molar-refractivity contribution is -0.121. The third kappa shape index (κ3) is 7.73. The van der Waals surface area contributed by atoms with Gasteiger partial charge in [-0.3, -0.25) is 9.59 Å². The summed E-state index contributed by atoms with van der Waals surface area (Å²) in [4.78, 5) is 23.8. The van der Waals surface area contributed by atoms with Gasteiger partial charge in [-0.15, -0.1) is 0 Å². The lowest BCUT2D eigenvalue weighted by atomic mass is 10.1. The molecule has 2 aromatic carbocycles. The summed E-state index contributed by atoms with van der Waals surface area (Å²) in [5, 5.41) is 6.82. The maximum Gasteiger partial charge on any atom is 0.240 e. The zero-order chi connectivity index (χ0) is 19.5. The van der Waals surface area contributed by atoms with Gasteiger partial charge in [-0.2, -0.15) is 5.10 Å². The van der Waals surface area contributed by atoms with Crippen LogP contribution in [-0.4, -0.2) is 24.6 Å². The summed E-state index contributed by atoms with van der Waals surface area (Å²) < 4.78 is 5.10. The van der Waals surface area contributed by atoms with Crippen molar-refractivity contribution in [1.82, 2.24) is 10.7 Å². The Kier molecular flexibility index (Phi) is 8.03. The standard InChI is InChI=1S/C21H25N3O3/c1-16(23-24-20(25)13-10-17-6-4-3-5-7-17)14-21(26)22-15-18-8-11-19(27-2)12-9-18/h3-9,11-12H,10,13-15H2,1-2H3,(H,22,26)(H,24,25). The van der Waals surface area contributed by atoms with E-state index >= 15 is 0 Å². The molecule has 0 radical (unpaired) electrons. The molecule has 0 aliphatic rings. The van der Waals surface area contributed by atoms with Crippen LogP contribution in [0.3, 0.4) is 0 Å². The number of ether oxygens (including phenoxy) is 1. The van der Waals surface area contributed by atoms with E-state index in [-0.39, 0.29) is 18.2 Å². The van der Waals surface area contributed by atoms with Crippen LogP contribution in [-0.2, 0) is 22.6 Å². The summed E-state index contributed by atoms with van der Waals surface area (Å²) in [5.74, 6) is 0.457. The second kappa shape index (κ2) is 10.8. The number of nitrogens with one attached hydrogen (secondary N) is 2. The predicted octanol–water partition coefficient (Wildman–Crippen LogP) is 2.83. The first-order chi connectivity index (χ1) is 13.1. The van der Waals surface area contributed by atoms with E-state index < -0.39 is 0 Å². The first-order valence-electron chi connectivity index (χ1n) is 8.82. The van der Waals surface area contributed by atoms with Crippen molar-refractivity contribution in [2.75, 3.05) is 7.11 Å². The molecule has 0 aromatic heterocycles. The van der Waals surface area contributed by atoms with Gasteiger partial charge in [0.1, 0.15) is 5.75 Å². The minimum absolute atomic E-state index is 0.134. The summed E-state index contributed by atoms with van der Waals surface area (Å²) in [5.41, 5.74) is 5.13. The third-order valence-electron chi connectivity index (χ3n) is 3.92. The number of hydrazone groups is 1. The molecule has 2 aromatic rings. The monoisotopic (exact) mass is 367 g/mol. The van der Waals surface area contributed by atoms with Gasteiger partial charge < -0.3 is 10.1 Å². The van der Waals surface area contributed by atoms with Gasteiger partial charge in [-0.25, -0.2) is 5.43 Å². The Balaban J connectivity index is 1.68. The van der Waals surface area contributed by atoms with E-state index in [1.54, 1.807) is 14.0 Å². The van der Waals surface area contributed by atoms with Gasteiger partial charge in [-0.1, -0.05) is 42.5 Å². The van der Waals surface area contributed by atoms with Crippen molar-refractivity contribution < 1.29 is 14.3 Å². The Bertz CT molecular complexity index is 771. The molecule has 27 heavy (non-hydrogen) atoms. The van der Waals surface area contributed by atoms with E-state index in [0.717, 1.165) is 16.9 Å². The molecule has 0 saturated heterocycles. The molecule has 142 valence electrons. The Hall–Kier alpha value is -3.15. The highest BCUT2D eigenvalue weighted by Gasteiger charge is 2.06. The number of hydrogen-bond acceptors (Lipinski definition) is 4. The summed E-state index contributed by atoms with van der Waals surface area (Å²) in [7, 11) is 1.61. The van der Waals surface area contributed by atoms with E-state index in [1.165, 1.54) is 0 Å². The van der Waals surface area contributed by atoms with E-state index in [1.807, 2.05) is 54.6 Å². The smallest absolute Gasteiger partial charge is 0.240 e. The molecular weight excluding hydrogens is 342 g/mol. The Morgan fingerprint density at radius 3 is 2.33 bits per heavy atom. The number of benzene rings is 2. The maximum absolute atomic E-state index is 12.0. The van der Waals surface area contributed by atoms with E-state index in [4.69, 9.17) is 4.74 Å². The Labute approximate surface area is 159 Å². The molecule has 2 N–H and O–H groups in total. The third-order valence-corrected chi connectivity index (χ3v) is 3.92. The van der Waals surface area contributed by atoms with E-state index in [0.29, 0.717) is 25.1 Å². The number of carbonyl (C=O) groups excluding carboxylic acids is 2. The molecule has 6 heteroatoms. The van der Waals surface area contributed by atoms with Crippen molar-refractivity contribution in [3.05, 3.63) is 65.7 Å². The topological polar surface area (TPSA) is 79.8 Å². The van der Waals surface area contributed by atoms with Crippen molar-refractivity contribution in [3.8, 4) is 5.75 Å². The maximum atomic E-state index is 12.0. The minimum atomic E-state index is -0.170. The summed E-state index contributed by atoms with van der Waals surface area (Å²) >= 11 is 0. The SMILES string of the molecule is COc1ccc(CNC(=O)CC(C)=NNC(=O)CCc2ccccc2)cc1. The molecule has 6 nitrogen and oxygen atoms in total. The van der Waals surface area contributed by atoms with Crippen LogP contribution in [0.25, 0.3) is 0 Å². The molecule has 0 fully saturated rings. The molecule has 0 spiro atoms. The number of aryl methyl sites for hydroxylation is 1. The highest BCUT2D eigenvalue weighted by molar-refractivity contribution is 6.00. The number of methoxy groups -OCH3 is 1. The molecule has 0 aliphatic carbocycles. The van der Waals surface area contributed by atoms with Gasteiger partial charge in [0.2, 0.25) is 11.8 Å². The molecule has 2 amide bonds. The van der Waals surface area contributed by atoms with E-state index in [9.17, 15) is 9.59 Å². The van der Waals surface area contributed by atoms with Crippen molar-refractivity contribution in [1.29, 1.82) is 0 Å². The molecule has 0 bridgehead atoms. The Morgan fingerprint density at radius 1 is 0.963 bits per heavy atom. The lowest BCUT2D eigenvalue weighted by Gasteiger charge is -2.07. The minimum Gasteiger partial charge on any atom is -0.497 e. The lowest BCUT2D eigenvalue weighted by Crippen LogP contribution is -2.26. The number of amides is 2. The van der Waals surface area contributed by atoms with Gasteiger partial charge in [0.05, 0.1) is 13.5 Å². The highest BCUT2D eigenvalue weighted by atomic mass is 16.5. The van der Waals surface area contributed by atoms with Crippen LogP contribution >= 0.6 is 0 Å². The number of rotatable bonds is 9. The zero-order valence-corrected chi connectivity index (χ0v) is 15.7. The van der Waals surface area contributed by atoms with Crippen molar-refractivity contribution >= 4 is 17.5 Å². The van der Waals surface area contributed by atoms with Crippen LogP contribution < -0.4 is 15.5 Å². The highest BCUT2D eigenvalue weighted by Crippen LogP contribution is 2.10. The molecule has 0 atom stereocenters. The van der Waals surface area contributed by atoms with Crippen LogP contribution in [0.1, 0.15) is 30.9 Å². The Morgan fingerprint density at radius 2 is 1.67 bits per heavy atom. The van der Waals surface area contributed by atoms with Gasteiger partial charge in [0.15, 0.2) is 0 Å². The van der Waals surface area contributed by atoms with Crippen LogP contribution in [0.15, 0.2) is 59.7 Å². The summed E-state index contributed by atoms with van der Waals surface area (Å²) in [6.07, 6.45) is 1.14. The van der Waals surface area contributed by atoms with Crippen LogP contribution in [0.4, 0.5) is 0 Å². The van der Waals surface area contributed by atoms with Crippen molar-refractivity contribution in [3.63, 3.8) is 0 Å². The fraction of sp³-hybridized carbons (Fsp3) is 0.286. The van der Waals surface area contributed by atoms with E-state index in [2.05, 4.69) is 15.8 Å². The first-order valence-corrected chi connectivity index (χ1v) is 8.82. The number of hydrogen-bond donors (Lipinski definition) is 2. The molecule has 0 aliphatic heterocycles. The number of nitrogens with zero attached hydrogens (tertiary/aromatic N) is 1. The van der Waals surface area contributed by atoms with Gasteiger partial charge >= 0.3 is 0 Å². The second-order valence-electron chi connectivity index (χ2n) is 6.17. The average molecular weight is 367 g/mol. The average Bonchev–Trinajstić information content (AvgIpc) is 2.70. The second-order valence-corrected chi connectivity index (χ2v) is 6.17. The zero-order valence-electron chi connectivity index (χ0n) is 15.7.